The number of nitrogens with one attached hydrogen (secondary N) is 2. The first-order chi connectivity index (χ1) is 21.3. The van der Waals surface area contributed by atoms with Crippen molar-refractivity contribution in [3.8, 4) is 22.8 Å². The summed E-state index contributed by atoms with van der Waals surface area (Å²) < 4.78 is 30.4. The van der Waals surface area contributed by atoms with E-state index < -0.39 is 23.6 Å². The van der Waals surface area contributed by atoms with E-state index in [1.165, 1.54) is 51.8 Å². The lowest BCUT2D eigenvalue weighted by molar-refractivity contribution is -0.152. The lowest BCUT2D eigenvalue weighted by Crippen LogP contribution is -2.49. The molecule has 1 spiro atoms. The predicted octanol–water partition coefficient (Wildman–Crippen LogP) is 3.78. The number of aromatic nitrogens is 1. The van der Waals surface area contributed by atoms with Crippen LogP contribution < -0.4 is 21.1 Å². The van der Waals surface area contributed by atoms with Crippen LogP contribution in [0.5, 0.6) is 11.5 Å². The third kappa shape index (κ3) is 6.73. The van der Waals surface area contributed by atoms with Gasteiger partial charge in [0.1, 0.15) is 23.4 Å². The smallest absolute Gasteiger partial charge is 0.251 e. The highest BCUT2D eigenvalue weighted by Gasteiger charge is 2.52. The topological polar surface area (TPSA) is 145 Å². The molecule has 4 aromatic rings. The van der Waals surface area contributed by atoms with Gasteiger partial charge in [-0.25, -0.2) is 9.37 Å². The number of hydrogen-bond acceptors (Lipinski definition) is 10. The summed E-state index contributed by atoms with van der Waals surface area (Å²) in [5, 5.41) is 9.87. The molecule has 0 radical (unpaired) electrons. The molecule has 6 rings (SSSR count). The van der Waals surface area contributed by atoms with Crippen LogP contribution in [0.1, 0.15) is 21.7 Å². The summed E-state index contributed by atoms with van der Waals surface area (Å²) in [5.74, 6) is -1.76. The van der Waals surface area contributed by atoms with Gasteiger partial charge < -0.3 is 35.5 Å². The highest BCUT2D eigenvalue weighted by Crippen LogP contribution is 2.35. The number of halogens is 1. The van der Waals surface area contributed by atoms with Gasteiger partial charge in [-0.2, -0.15) is 0 Å². The molecule has 11 nitrogen and oxygen atoms in total. The highest BCUT2D eigenvalue weighted by atomic mass is 32.1. The summed E-state index contributed by atoms with van der Waals surface area (Å²) in [4.78, 5) is 46.1. The summed E-state index contributed by atoms with van der Waals surface area (Å²) in [5.41, 5.74) is 7.76. The number of hydrogen-bond donors (Lipinski definition) is 3. The quantitative estimate of drug-likeness (QED) is 0.252. The molecular weight excluding hydrogens is 609 g/mol. The van der Waals surface area contributed by atoms with Crippen LogP contribution in [0.15, 0.2) is 65.4 Å². The number of carbonyl (C=O) groups excluding carboxylic acids is 3. The summed E-state index contributed by atoms with van der Waals surface area (Å²) in [6.45, 7) is 0.759. The van der Waals surface area contributed by atoms with Crippen LogP contribution in [0.25, 0.3) is 11.3 Å². The maximum atomic E-state index is 13.3. The van der Waals surface area contributed by atoms with Crippen LogP contribution in [0.4, 0.5) is 9.52 Å². The van der Waals surface area contributed by atoms with Crippen molar-refractivity contribution in [2.75, 3.05) is 32.0 Å². The van der Waals surface area contributed by atoms with Crippen LogP contribution in [0.3, 0.4) is 0 Å². The second-order valence-electron chi connectivity index (χ2n) is 10.2. The molecule has 3 amide bonds. The summed E-state index contributed by atoms with van der Waals surface area (Å²) in [7, 11) is 0. The Morgan fingerprint density at radius 2 is 1.73 bits per heavy atom. The van der Waals surface area contributed by atoms with Crippen molar-refractivity contribution in [1.82, 2.24) is 20.5 Å². The molecule has 4 N–H and O–H groups in total. The number of rotatable bonds is 9. The van der Waals surface area contributed by atoms with Gasteiger partial charge in [0.2, 0.25) is 11.8 Å². The van der Waals surface area contributed by atoms with E-state index in [0.29, 0.717) is 35.4 Å². The van der Waals surface area contributed by atoms with Crippen LogP contribution >= 0.6 is 22.7 Å². The second-order valence-corrected chi connectivity index (χ2v) is 12.1. The van der Waals surface area contributed by atoms with E-state index in [4.69, 9.17) is 19.9 Å². The largest absolute Gasteiger partial charge is 0.457 e. The Kier molecular flexibility index (Phi) is 8.57. The molecule has 4 heterocycles. The lowest BCUT2D eigenvalue weighted by atomic mass is 10.1. The van der Waals surface area contributed by atoms with E-state index in [1.54, 1.807) is 24.3 Å². The predicted molar refractivity (Wildman–Crippen MR) is 162 cm³/mol. The van der Waals surface area contributed by atoms with Crippen molar-refractivity contribution >= 4 is 45.5 Å². The fourth-order valence-electron chi connectivity index (χ4n) is 5.03. The van der Waals surface area contributed by atoms with Gasteiger partial charge in [-0.3, -0.25) is 14.4 Å². The Morgan fingerprint density at radius 3 is 2.41 bits per heavy atom. The number of thiazole rings is 1. The summed E-state index contributed by atoms with van der Waals surface area (Å²) >= 11 is 2.85. The molecule has 2 saturated heterocycles. The van der Waals surface area contributed by atoms with E-state index in [-0.39, 0.29) is 37.8 Å². The minimum Gasteiger partial charge on any atom is -0.457 e. The van der Waals surface area contributed by atoms with Crippen molar-refractivity contribution < 1.29 is 33.0 Å². The van der Waals surface area contributed by atoms with Gasteiger partial charge in [-0.1, -0.05) is 0 Å². The molecule has 44 heavy (non-hydrogen) atoms. The van der Waals surface area contributed by atoms with Crippen LogP contribution in [-0.4, -0.2) is 65.7 Å². The maximum Gasteiger partial charge on any atom is 0.251 e. The minimum atomic E-state index is -1.05. The zero-order valence-corrected chi connectivity index (χ0v) is 24.9. The molecule has 0 aliphatic carbocycles. The standard InChI is InChI=1S/C30H28FN5O6S2/c31-20-3-7-22(8-4-20)42-21-5-1-18(2-6-21)27(38)34-14-26(37)36-17-30(40-9-10-41-30)12-25(36)28(39)33-13-23-11-19(15-43-23)24-16-44-29(32)35-24/h1-8,11,15-16,25H,9-10,12-14,17H2,(H2,32,35)(H,33,39)(H,34,38)/t25-/m0/s1. The van der Waals surface area contributed by atoms with Crippen molar-refractivity contribution in [1.29, 1.82) is 0 Å². The Morgan fingerprint density at radius 1 is 1.02 bits per heavy atom. The van der Waals surface area contributed by atoms with Gasteiger partial charge in [0, 0.05) is 33.2 Å². The van der Waals surface area contributed by atoms with Crippen molar-refractivity contribution in [3.05, 3.63) is 81.6 Å². The Balaban J connectivity index is 1.05. The minimum absolute atomic E-state index is 0.0730. The highest BCUT2D eigenvalue weighted by molar-refractivity contribution is 7.14. The molecule has 0 bridgehead atoms. The molecule has 228 valence electrons. The molecule has 2 aliphatic heterocycles. The molecule has 2 aliphatic rings. The van der Waals surface area contributed by atoms with Gasteiger partial charge in [0.15, 0.2) is 10.9 Å². The number of carbonyl (C=O) groups is 3. The van der Waals surface area contributed by atoms with E-state index in [0.717, 1.165) is 16.1 Å². The Labute approximate surface area is 259 Å². The number of amides is 3. The second kappa shape index (κ2) is 12.7. The molecular formula is C30H28FN5O6S2. The SMILES string of the molecule is Nc1nc(-c2csc(CNC(=O)[C@@H]3CC4(CN3C(=O)CNC(=O)c3ccc(Oc5ccc(F)cc5)cc3)OCCO4)c2)cs1. The summed E-state index contributed by atoms with van der Waals surface area (Å²) in [6, 6.07) is 13.0. The molecule has 2 aromatic carbocycles. The van der Waals surface area contributed by atoms with E-state index in [1.807, 2.05) is 16.8 Å². The molecule has 1 atom stereocenters. The average Bonchev–Trinajstić information content (AvgIpc) is 3.84. The van der Waals surface area contributed by atoms with Crippen LogP contribution in [0, 0.1) is 5.82 Å². The van der Waals surface area contributed by atoms with Crippen molar-refractivity contribution in [2.24, 2.45) is 0 Å². The number of nitrogens with two attached hydrogens (primary N) is 1. The Bertz CT molecular complexity index is 1650. The molecule has 0 unspecified atom stereocenters. The molecule has 0 saturated carbocycles. The number of nitrogen functional groups attached to an aromatic ring is 1. The molecule has 2 fully saturated rings. The number of anilines is 1. The lowest BCUT2D eigenvalue weighted by Gasteiger charge is -2.24. The van der Waals surface area contributed by atoms with E-state index >= 15 is 0 Å². The maximum absolute atomic E-state index is 13.3. The molecule has 2 aromatic heterocycles. The number of likely N-dealkylation sites (tertiary alicyclic amines) is 1. The van der Waals surface area contributed by atoms with Gasteiger partial charge in [-0.15, -0.1) is 22.7 Å². The number of thiophene rings is 1. The fraction of sp³-hybridized carbons (Fsp3) is 0.267. The van der Waals surface area contributed by atoms with Crippen LogP contribution in [0.2, 0.25) is 0 Å². The van der Waals surface area contributed by atoms with Crippen molar-refractivity contribution in [3.63, 3.8) is 0 Å². The van der Waals surface area contributed by atoms with E-state index in [9.17, 15) is 18.8 Å². The van der Waals surface area contributed by atoms with Gasteiger partial charge in [-0.05, 0) is 54.6 Å². The zero-order valence-electron chi connectivity index (χ0n) is 23.3. The first-order valence-electron chi connectivity index (χ1n) is 13.7. The fourth-order valence-corrected chi connectivity index (χ4v) is 6.42. The third-order valence-corrected chi connectivity index (χ3v) is 8.81. The average molecular weight is 638 g/mol. The van der Waals surface area contributed by atoms with Crippen molar-refractivity contribution in [2.45, 2.75) is 24.8 Å². The Hall–Kier alpha value is -4.37. The molecule has 14 heteroatoms. The number of nitrogens with zero attached hydrogens (tertiary/aromatic N) is 2. The first-order valence-corrected chi connectivity index (χ1v) is 15.5. The number of ether oxygens (including phenoxy) is 3. The monoisotopic (exact) mass is 637 g/mol. The van der Waals surface area contributed by atoms with Gasteiger partial charge in [0.05, 0.1) is 38.5 Å². The zero-order chi connectivity index (χ0) is 30.7. The third-order valence-electron chi connectivity index (χ3n) is 7.20. The summed E-state index contributed by atoms with van der Waals surface area (Å²) in [6.07, 6.45) is 0.182. The van der Waals surface area contributed by atoms with E-state index in [2.05, 4.69) is 15.6 Å². The first kappa shape index (κ1) is 29.7. The van der Waals surface area contributed by atoms with Gasteiger partial charge in [0.25, 0.3) is 5.91 Å². The normalized spacial score (nSPS) is 17.1. The van der Waals surface area contributed by atoms with Crippen LogP contribution in [-0.2, 0) is 25.6 Å². The van der Waals surface area contributed by atoms with Gasteiger partial charge >= 0.3 is 0 Å². The number of benzene rings is 2.